The van der Waals surface area contributed by atoms with Gasteiger partial charge in [-0.1, -0.05) is 24.9 Å². The van der Waals surface area contributed by atoms with Crippen molar-refractivity contribution in [2.45, 2.75) is 65.5 Å². The predicted molar refractivity (Wildman–Crippen MR) is 146 cm³/mol. The van der Waals surface area contributed by atoms with E-state index < -0.39 is 19.7 Å². The number of hydrogen-bond acceptors (Lipinski definition) is 6. The maximum absolute atomic E-state index is 13.8. The molecule has 0 fully saturated rings. The first-order valence-electron chi connectivity index (χ1n) is 11.7. The molecule has 192 valence electrons. The van der Waals surface area contributed by atoms with Gasteiger partial charge in [0.25, 0.3) is 0 Å². The molecule has 3 amide bonds. The van der Waals surface area contributed by atoms with Crippen molar-refractivity contribution in [3.05, 3.63) is 52.9 Å². The second kappa shape index (κ2) is 10.7. The molecule has 9 nitrogen and oxygen atoms in total. The van der Waals surface area contributed by atoms with Gasteiger partial charge >= 0.3 is 0 Å². The summed E-state index contributed by atoms with van der Waals surface area (Å²) in [7, 11) is -1.70. The fourth-order valence-electron chi connectivity index (χ4n) is 3.57. The Morgan fingerprint density at radius 1 is 1.11 bits per heavy atom. The molecule has 0 spiro atoms. The number of aromatic nitrogens is 3. The standard InChI is InChI=1S/C25H34N6O3SSi/c1-17(32)26-19-8-10-20(11-9-19)31(22(33)15-30-14-21(28-29-30)36(5,6)7)23(18-12-13-35-16-18)24(34)27-25(2,3)4/h8-14,16,23H,15H2,1-7H3,(H,26,32)(H,27,34). The minimum atomic E-state index is -1.70. The summed E-state index contributed by atoms with van der Waals surface area (Å²) in [6, 6.07) is 7.82. The molecule has 0 aliphatic heterocycles. The SMILES string of the molecule is CC(=O)Nc1ccc(N(C(=O)Cn2cc([Si](C)(C)C)nn2)C(C(=O)NC(C)(C)C)c2ccsc2)cc1. The van der Waals surface area contributed by atoms with Gasteiger partial charge in [-0.25, -0.2) is 4.68 Å². The molecular formula is C25H34N6O3SSi. The lowest BCUT2D eigenvalue weighted by Crippen LogP contribution is -2.50. The monoisotopic (exact) mass is 526 g/mol. The lowest BCUT2D eigenvalue weighted by atomic mass is 10.0. The summed E-state index contributed by atoms with van der Waals surface area (Å²) in [5, 5.41) is 18.9. The zero-order chi connectivity index (χ0) is 26.7. The number of amides is 3. The molecule has 3 aromatic rings. The molecule has 1 atom stereocenters. The number of thiophene rings is 1. The van der Waals surface area contributed by atoms with E-state index in [1.807, 2.05) is 43.8 Å². The third-order valence-electron chi connectivity index (χ3n) is 5.20. The van der Waals surface area contributed by atoms with Gasteiger partial charge < -0.3 is 10.6 Å². The van der Waals surface area contributed by atoms with E-state index in [-0.39, 0.29) is 24.3 Å². The van der Waals surface area contributed by atoms with Crippen LogP contribution in [0.4, 0.5) is 11.4 Å². The highest BCUT2D eigenvalue weighted by Gasteiger charge is 2.35. The molecule has 1 aromatic carbocycles. The zero-order valence-electron chi connectivity index (χ0n) is 21.8. The summed E-state index contributed by atoms with van der Waals surface area (Å²) in [5.41, 5.74) is 1.34. The fraction of sp³-hybridized carbons (Fsp3) is 0.400. The van der Waals surface area contributed by atoms with E-state index in [4.69, 9.17) is 0 Å². The summed E-state index contributed by atoms with van der Waals surface area (Å²) in [6.07, 6.45) is 1.82. The summed E-state index contributed by atoms with van der Waals surface area (Å²) >= 11 is 1.46. The third-order valence-corrected chi connectivity index (χ3v) is 7.67. The zero-order valence-corrected chi connectivity index (χ0v) is 23.6. The van der Waals surface area contributed by atoms with Crippen molar-refractivity contribution in [2.75, 3.05) is 10.2 Å². The van der Waals surface area contributed by atoms with Crippen molar-refractivity contribution < 1.29 is 14.4 Å². The molecule has 0 saturated carbocycles. The third kappa shape index (κ3) is 7.11. The van der Waals surface area contributed by atoms with E-state index in [9.17, 15) is 14.4 Å². The number of hydrogen-bond donors (Lipinski definition) is 2. The first-order valence-corrected chi connectivity index (χ1v) is 16.1. The van der Waals surface area contributed by atoms with Crippen LogP contribution in [0.2, 0.25) is 19.6 Å². The van der Waals surface area contributed by atoms with Crippen LogP contribution in [0, 0.1) is 0 Å². The van der Waals surface area contributed by atoms with Gasteiger partial charge in [0.05, 0.1) is 5.32 Å². The van der Waals surface area contributed by atoms with Crippen LogP contribution in [0.25, 0.3) is 0 Å². The Kier molecular flexibility index (Phi) is 8.14. The maximum Gasteiger partial charge on any atom is 0.249 e. The maximum atomic E-state index is 13.8. The summed E-state index contributed by atoms with van der Waals surface area (Å²) < 4.78 is 1.53. The van der Waals surface area contributed by atoms with Crippen LogP contribution in [0.3, 0.4) is 0 Å². The Labute approximate surface area is 216 Å². The van der Waals surface area contributed by atoms with E-state index in [1.165, 1.54) is 27.8 Å². The van der Waals surface area contributed by atoms with Crippen molar-refractivity contribution in [1.82, 2.24) is 20.3 Å². The van der Waals surface area contributed by atoms with Crippen LogP contribution in [0.15, 0.2) is 47.3 Å². The number of anilines is 2. The normalized spacial score (nSPS) is 12.6. The van der Waals surface area contributed by atoms with Crippen LogP contribution in [-0.2, 0) is 20.9 Å². The van der Waals surface area contributed by atoms with Gasteiger partial charge in [-0.3, -0.25) is 19.3 Å². The first kappa shape index (κ1) is 27.3. The summed E-state index contributed by atoms with van der Waals surface area (Å²) in [5.74, 6) is -0.795. The van der Waals surface area contributed by atoms with Crippen LogP contribution in [0.1, 0.15) is 39.3 Å². The largest absolute Gasteiger partial charge is 0.349 e. The molecule has 0 aliphatic rings. The summed E-state index contributed by atoms with van der Waals surface area (Å²) in [4.78, 5) is 40.4. The fourth-order valence-corrected chi connectivity index (χ4v) is 5.13. The first-order chi connectivity index (χ1) is 16.7. The molecular weight excluding hydrogens is 492 g/mol. The van der Waals surface area contributed by atoms with E-state index >= 15 is 0 Å². The minimum Gasteiger partial charge on any atom is -0.349 e. The van der Waals surface area contributed by atoms with Gasteiger partial charge in [0.15, 0.2) is 0 Å². The Bertz CT molecular complexity index is 1210. The van der Waals surface area contributed by atoms with E-state index in [0.717, 1.165) is 5.32 Å². The molecule has 0 saturated heterocycles. The van der Waals surface area contributed by atoms with Crippen molar-refractivity contribution in [3.8, 4) is 0 Å². The lowest BCUT2D eigenvalue weighted by Gasteiger charge is -2.33. The number of benzene rings is 1. The Morgan fingerprint density at radius 2 is 1.78 bits per heavy atom. The number of rotatable bonds is 8. The highest BCUT2D eigenvalue weighted by atomic mass is 32.1. The van der Waals surface area contributed by atoms with Gasteiger partial charge in [0, 0.05) is 30.0 Å². The highest BCUT2D eigenvalue weighted by Crippen LogP contribution is 2.31. The second-order valence-corrected chi connectivity index (χ2v) is 16.5. The highest BCUT2D eigenvalue weighted by molar-refractivity contribution is 7.08. The van der Waals surface area contributed by atoms with E-state index in [1.54, 1.807) is 24.3 Å². The van der Waals surface area contributed by atoms with E-state index in [0.29, 0.717) is 16.9 Å². The smallest absolute Gasteiger partial charge is 0.249 e. The molecule has 2 aromatic heterocycles. The topological polar surface area (TPSA) is 109 Å². The minimum absolute atomic E-state index is 0.0750. The van der Waals surface area contributed by atoms with Crippen LogP contribution >= 0.6 is 11.3 Å². The average molecular weight is 527 g/mol. The van der Waals surface area contributed by atoms with E-state index in [2.05, 4.69) is 40.6 Å². The van der Waals surface area contributed by atoms with Crippen LogP contribution < -0.4 is 20.9 Å². The van der Waals surface area contributed by atoms with Gasteiger partial charge in [0.1, 0.15) is 20.7 Å². The molecule has 11 heteroatoms. The molecule has 1 unspecified atom stereocenters. The molecule has 0 radical (unpaired) electrons. The summed E-state index contributed by atoms with van der Waals surface area (Å²) in [6.45, 7) is 13.5. The molecule has 3 rings (SSSR count). The number of nitrogens with zero attached hydrogens (tertiary/aromatic N) is 4. The molecule has 36 heavy (non-hydrogen) atoms. The van der Waals surface area contributed by atoms with Crippen molar-refractivity contribution in [3.63, 3.8) is 0 Å². The van der Waals surface area contributed by atoms with Gasteiger partial charge in [-0.05, 0) is 67.4 Å². The van der Waals surface area contributed by atoms with Gasteiger partial charge in [-0.15, -0.1) is 5.10 Å². The Balaban J connectivity index is 2.04. The molecule has 0 bridgehead atoms. The van der Waals surface area contributed by atoms with Gasteiger partial charge in [-0.2, -0.15) is 11.3 Å². The van der Waals surface area contributed by atoms with Crippen LogP contribution in [-0.4, -0.2) is 46.3 Å². The average Bonchev–Trinajstić information content (AvgIpc) is 3.43. The number of carbonyl (C=O) groups is 3. The quantitative estimate of drug-likeness (QED) is 0.437. The second-order valence-electron chi connectivity index (χ2n) is 10.7. The molecule has 2 N–H and O–H groups in total. The molecule has 0 aliphatic carbocycles. The number of nitrogens with one attached hydrogen (secondary N) is 2. The van der Waals surface area contributed by atoms with Gasteiger partial charge in [0.2, 0.25) is 17.7 Å². The number of carbonyl (C=O) groups excluding carboxylic acids is 3. The lowest BCUT2D eigenvalue weighted by molar-refractivity contribution is -0.128. The Morgan fingerprint density at radius 3 is 2.28 bits per heavy atom. The molecule has 2 heterocycles. The predicted octanol–water partition coefficient (Wildman–Crippen LogP) is 3.53. The van der Waals surface area contributed by atoms with Crippen LogP contribution in [0.5, 0.6) is 0 Å². The van der Waals surface area contributed by atoms with Crippen molar-refractivity contribution in [2.24, 2.45) is 0 Å². The van der Waals surface area contributed by atoms with Crippen molar-refractivity contribution in [1.29, 1.82) is 0 Å². The Hall–Kier alpha value is -3.31. The van der Waals surface area contributed by atoms with Crippen molar-refractivity contribution >= 4 is 53.8 Å².